The van der Waals surface area contributed by atoms with Crippen LogP contribution in [0.3, 0.4) is 0 Å². The van der Waals surface area contributed by atoms with Crippen LogP contribution in [-0.2, 0) is 0 Å². The number of nitriles is 1. The molecule has 0 saturated heterocycles. The van der Waals surface area contributed by atoms with Crippen molar-refractivity contribution in [3.63, 3.8) is 0 Å². The minimum atomic E-state index is -0.429. The van der Waals surface area contributed by atoms with Crippen LogP contribution in [0.2, 0.25) is 0 Å². The lowest BCUT2D eigenvalue weighted by Gasteiger charge is -2.08. The van der Waals surface area contributed by atoms with E-state index in [1.807, 2.05) is 6.07 Å². The zero-order valence-corrected chi connectivity index (χ0v) is 11.0. The SMILES string of the molecule is N#Cc1cnc(NCCNc2ccccc2[N+](=O)[O-])cn1. The number of aromatic nitrogens is 2. The molecule has 0 aliphatic carbocycles. The fourth-order valence-electron chi connectivity index (χ4n) is 1.65. The summed E-state index contributed by atoms with van der Waals surface area (Å²) in [6.07, 6.45) is 2.83. The molecule has 2 N–H and O–H groups in total. The molecule has 0 aliphatic heterocycles. The maximum Gasteiger partial charge on any atom is 0.292 e. The molecule has 1 aromatic heterocycles. The normalized spacial score (nSPS) is 9.67. The summed E-state index contributed by atoms with van der Waals surface area (Å²) in [6.45, 7) is 0.985. The Hall–Kier alpha value is -3.21. The van der Waals surface area contributed by atoms with Gasteiger partial charge in [0, 0.05) is 19.2 Å². The van der Waals surface area contributed by atoms with Crippen molar-refractivity contribution in [2.75, 3.05) is 23.7 Å². The van der Waals surface area contributed by atoms with Crippen LogP contribution in [0.1, 0.15) is 5.69 Å². The highest BCUT2D eigenvalue weighted by Crippen LogP contribution is 2.22. The quantitative estimate of drug-likeness (QED) is 0.471. The molecule has 2 rings (SSSR count). The van der Waals surface area contributed by atoms with Gasteiger partial charge in [-0.3, -0.25) is 10.1 Å². The van der Waals surface area contributed by atoms with E-state index in [1.165, 1.54) is 18.5 Å². The highest BCUT2D eigenvalue weighted by Gasteiger charge is 2.10. The fraction of sp³-hybridized carbons (Fsp3) is 0.154. The third kappa shape index (κ3) is 3.87. The Labute approximate surface area is 120 Å². The first kappa shape index (κ1) is 14.2. The van der Waals surface area contributed by atoms with Crippen molar-refractivity contribution in [2.24, 2.45) is 0 Å². The van der Waals surface area contributed by atoms with E-state index in [1.54, 1.807) is 18.2 Å². The number of rotatable bonds is 6. The number of nitro groups is 1. The number of nitrogens with one attached hydrogen (secondary N) is 2. The van der Waals surface area contributed by atoms with E-state index >= 15 is 0 Å². The lowest BCUT2D eigenvalue weighted by molar-refractivity contribution is -0.384. The van der Waals surface area contributed by atoms with Crippen LogP contribution in [0.25, 0.3) is 0 Å². The molecule has 1 heterocycles. The van der Waals surface area contributed by atoms with Gasteiger partial charge in [0.2, 0.25) is 0 Å². The van der Waals surface area contributed by atoms with Gasteiger partial charge < -0.3 is 10.6 Å². The zero-order valence-electron chi connectivity index (χ0n) is 11.0. The van der Waals surface area contributed by atoms with Crippen LogP contribution in [0, 0.1) is 21.4 Å². The van der Waals surface area contributed by atoms with E-state index in [4.69, 9.17) is 5.26 Å². The smallest absolute Gasteiger partial charge is 0.292 e. The first-order valence-corrected chi connectivity index (χ1v) is 6.14. The van der Waals surface area contributed by atoms with Gasteiger partial charge in [0.1, 0.15) is 17.6 Å². The molecular formula is C13H12N6O2. The molecular weight excluding hydrogens is 272 g/mol. The summed E-state index contributed by atoms with van der Waals surface area (Å²) in [7, 11) is 0. The van der Waals surface area contributed by atoms with Crippen molar-refractivity contribution in [1.82, 2.24) is 9.97 Å². The molecule has 0 unspecified atom stereocenters. The molecule has 2 aromatic rings. The first-order valence-electron chi connectivity index (χ1n) is 6.14. The van der Waals surface area contributed by atoms with Gasteiger partial charge >= 0.3 is 0 Å². The number of benzene rings is 1. The molecule has 8 nitrogen and oxygen atoms in total. The summed E-state index contributed by atoms with van der Waals surface area (Å²) < 4.78 is 0. The second kappa shape index (κ2) is 6.81. The summed E-state index contributed by atoms with van der Waals surface area (Å²) in [4.78, 5) is 18.3. The monoisotopic (exact) mass is 284 g/mol. The highest BCUT2D eigenvalue weighted by atomic mass is 16.6. The van der Waals surface area contributed by atoms with Gasteiger partial charge in [0.05, 0.1) is 17.3 Å². The van der Waals surface area contributed by atoms with Crippen LogP contribution in [-0.4, -0.2) is 28.0 Å². The van der Waals surface area contributed by atoms with Gasteiger partial charge in [0.25, 0.3) is 5.69 Å². The minimum absolute atomic E-state index is 0.0377. The van der Waals surface area contributed by atoms with Crippen LogP contribution in [0.4, 0.5) is 17.2 Å². The van der Waals surface area contributed by atoms with E-state index in [0.29, 0.717) is 24.6 Å². The van der Waals surface area contributed by atoms with E-state index in [0.717, 1.165) is 0 Å². The maximum absolute atomic E-state index is 10.8. The number of hydrogen-bond donors (Lipinski definition) is 2. The Balaban J connectivity index is 1.85. The van der Waals surface area contributed by atoms with E-state index in [2.05, 4.69) is 20.6 Å². The van der Waals surface area contributed by atoms with Crippen LogP contribution >= 0.6 is 0 Å². The van der Waals surface area contributed by atoms with Crippen molar-refractivity contribution in [3.8, 4) is 6.07 Å². The Morgan fingerprint density at radius 2 is 1.95 bits per heavy atom. The molecule has 0 atom stereocenters. The average molecular weight is 284 g/mol. The molecule has 106 valence electrons. The number of anilines is 2. The molecule has 8 heteroatoms. The second-order valence-corrected chi connectivity index (χ2v) is 4.03. The Morgan fingerprint density at radius 3 is 2.62 bits per heavy atom. The van der Waals surface area contributed by atoms with E-state index < -0.39 is 4.92 Å². The van der Waals surface area contributed by atoms with Gasteiger partial charge in [-0.1, -0.05) is 12.1 Å². The number of para-hydroxylation sites is 2. The van der Waals surface area contributed by atoms with Gasteiger partial charge in [-0.15, -0.1) is 0 Å². The van der Waals surface area contributed by atoms with Crippen molar-refractivity contribution in [2.45, 2.75) is 0 Å². The lowest BCUT2D eigenvalue weighted by Crippen LogP contribution is -2.15. The predicted octanol–water partition coefficient (Wildman–Crippen LogP) is 1.78. The topological polar surface area (TPSA) is 117 Å². The Kier molecular flexibility index (Phi) is 4.61. The third-order valence-electron chi connectivity index (χ3n) is 2.61. The van der Waals surface area contributed by atoms with Crippen LogP contribution < -0.4 is 10.6 Å². The zero-order chi connectivity index (χ0) is 15.1. The molecule has 0 saturated carbocycles. The van der Waals surface area contributed by atoms with Crippen molar-refractivity contribution < 1.29 is 4.92 Å². The molecule has 0 spiro atoms. The molecule has 21 heavy (non-hydrogen) atoms. The van der Waals surface area contributed by atoms with Crippen molar-refractivity contribution in [1.29, 1.82) is 5.26 Å². The molecule has 1 aromatic carbocycles. The molecule has 0 amide bonds. The van der Waals surface area contributed by atoms with Crippen LogP contribution in [0.15, 0.2) is 36.7 Å². The maximum atomic E-state index is 10.8. The van der Waals surface area contributed by atoms with Gasteiger partial charge in [-0.25, -0.2) is 9.97 Å². The van der Waals surface area contributed by atoms with Gasteiger partial charge in [-0.2, -0.15) is 5.26 Å². The Bertz CT molecular complexity index is 665. The fourth-order valence-corrected chi connectivity index (χ4v) is 1.65. The average Bonchev–Trinajstić information content (AvgIpc) is 2.52. The lowest BCUT2D eigenvalue weighted by atomic mass is 10.2. The number of nitro benzene ring substituents is 1. The van der Waals surface area contributed by atoms with E-state index in [-0.39, 0.29) is 11.4 Å². The number of nitrogens with zero attached hydrogens (tertiary/aromatic N) is 4. The van der Waals surface area contributed by atoms with Gasteiger partial charge in [-0.05, 0) is 6.07 Å². The summed E-state index contributed by atoms with van der Waals surface area (Å²) in [5, 5.41) is 25.4. The summed E-state index contributed by atoms with van der Waals surface area (Å²) in [5.41, 5.74) is 0.754. The summed E-state index contributed by atoms with van der Waals surface area (Å²) in [5.74, 6) is 0.540. The predicted molar refractivity (Wildman–Crippen MR) is 76.8 cm³/mol. The van der Waals surface area contributed by atoms with Crippen LogP contribution in [0.5, 0.6) is 0 Å². The van der Waals surface area contributed by atoms with Gasteiger partial charge in [0.15, 0.2) is 5.69 Å². The molecule has 0 radical (unpaired) electrons. The highest BCUT2D eigenvalue weighted by molar-refractivity contribution is 5.61. The molecule has 0 aliphatic rings. The minimum Gasteiger partial charge on any atom is -0.378 e. The third-order valence-corrected chi connectivity index (χ3v) is 2.61. The summed E-state index contributed by atoms with van der Waals surface area (Å²) >= 11 is 0. The largest absolute Gasteiger partial charge is 0.378 e. The second-order valence-electron chi connectivity index (χ2n) is 4.03. The molecule has 0 fully saturated rings. The van der Waals surface area contributed by atoms with Crippen molar-refractivity contribution in [3.05, 3.63) is 52.5 Å². The Morgan fingerprint density at radius 1 is 1.19 bits per heavy atom. The first-order chi connectivity index (χ1) is 10.2. The van der Waals surface area contributed by atoms with Crippen molar-refractivity contribution >= 4 is 17.2 Å². The standard InChI is InChI=1S/C13H12N6O2/c14-7-10-8-18-13(9-17-10)16-6-5-15-11-3-1-2-4-12(11)19(20)21/h1-4,8-9,15H,5-6H2,(H,16,18). The number of hydrogen-bond acceptors (Lipinski definition) is 7. The summed E-state index contributed by atoms with van der Waals surface area (Å²) in [6, 6.07) is 8.33. The van der Waals surface area contributed by atoms with E-state index in [9.17, 15) is 10.1 Å². The molecule has 0 bridgehead atoms.